The van der Waals surface area contributed by atoms with Gasteiger partial charge < -0.3 is 14.9 Å². The van der Waals surface area contributed by atoms with Crippen molar-refractivity contribution >= 4 is 5.95 Å². The molecule has 1 aromatic heterocycles. The Bertz CT molecular complexity index is 877. The molecule has 0 aliphatic carbocycles. The van der Waals surface area contributed by atoms with Gasteiger partial charge in [-0.1, -0.05) is 0 Å². The van der Waals surface area contributed by atoms with Crippen molar-refractivity contribution in [2.75, 3.05) is 31.6 Å². The Morgan fingerprint density at radius 3 is 2.77 bits per heavy atom. The van der Waals surface area contributed by atoms with Gasteiger partial charge in [0.25, 0.3) is 0 Å². The molecule has 0 bridgehead atoms. The lowest BCUT2D eigenvalue weighted by Crippen LogP contribution is -2.47. The number of nitrogens with zero attached hydrogens (tertiary/aromatic N) is 6. The molecule has 2 saturated heterocycles. The lowest BCUT2D eigenvalue weighted by Gasteiger charge is -2.36. The molecule has 2 aliphatic rings. The number of anilines is 1. The molecule has 134 valence electrons. The molecule has 2 atom stereocenters. The van der Waals surface area contributed by atoms with Crippen LogP contribution in [0.3, 0.4) is 0 Å². The minimum absolute atomic E-state index is 0.0196. The van der Waals surface area contributed by atoms with E-state index in [1.54, 1.807) is 12.1 Å². The first-order valence-electron chi connectivity index (χ1n) is 8.97. The zero-order valence-corrected chi connectivity index (χ0v) is 15.1. The van der Waals surface area contributed by atoms with Crippen LogP contribution in [0.5, 0.6) is 5.75 Å². The van der Waals surface area contributed by atoms with Crippen LogP contribution >= 0.6 is 0 Å². The number of aromatic nitrogens is 3. The van der Waals surface area contributed by atoms with Crippen LogP contribution in [0.15, 0.2) is 18.2 Å². The van der Waals surface area contributed by atoms with E-state index in [-0.39, 0.29) is 5.75 Å². The van der Waals surface area contributed by atoms with Crippen molar-refractivity contribution in [3.05, 3.63) is 29.5 Å². The third kappa shape index (κ3) is 2.86. The van der Waals surface area contributed by atoms with E-state index in [1.165, 1.54) is 18.9 Å². The number of hydrogen-bond donors (Lipinski definition) is 1. The maximum atomic E-state index is 10.2. The smallest absolute Gasteiger partial charge is 0.245 e. The van der Waals surface area contributed by atoms with Crippen molar-refractivity contribution in [2.24, 2.45) is 5.92 Å². The first-order valence-corrected chi connectivity index (χ1v) is 8.97. The van der Waals surface area contributed by atoms with Gasteiger partial charge >= 0.3 is 0 Å². The predicted octanol–water partition coefficient (Wildman–Crippen LogP) is 1.95. The molecule has 1 N–H and O–H groups in total. The van der Waals surface area contributed by atoms with Crippen molar-refractivity contribution in [3.63, 3.8) is 0 Å². The van der Waals surface area contributed by atoms with Crippen LogP contribution in [0.4, 0.5) is 5.95 Å². The summed E-state index contributed by atoms with van der Waals surface area (Å²) in [4.78, 5) is 9.33. The van der Waals surface area contributed by atoms with Crippen molar-refractivity contribution in [3.8, 4) is 23.1 Å². The molecule has 3 heterocycles. The SMILES string of the molecule is Cc1nc(N2CC[C@@H]3CCN(C)C[C@@H]32)nnc1-c1ccc(C#N)cc1O. The Labute approximate surface area is 152 Å². The number of likely N-dealkylation sites (N-methyl/N-ethyl adjacent to an activating group) is 1. The van der Waals surface area contributed by atoms with Crippen molar-refractivity contribution < 1.29 is 5.11 Å². The Balaban J connectivity index is 1.64. The normalized spacial score (nSPS) is 22.9. The number of aryl methyl sites for hydroxylation is 1. The molecule has 0 spiro atoms. The van der Waals surface area contributed by atoms with Crippen LogP contribution in [0.1, 0.15) is 24.1 Å². The van der Waals surface area contributed by atoms with Crippen LogP contribution in [0.25, 0.3) is 11.3 Å². The molecular formula is C19H22N6O. The fraction of sp³-hybridized carbons (Fsp3) is 0.474. The van der Waals surface area contributed by atoms with Gasteiger partial charge in [-0.15, -0.1) is 10.2 Å². The lowest BCUT2D eigenvalue weighted by atomic mass is 9.92. The van der Waals surface area contributed by atoms with Crippen LogP contribution < -0.4 is 4.90 Å². The zero-order valence-electron chi connectivity index (χ0n) is 15.1. The van der Waals surface area contributed by atoms with Gasteiger partial charge in [-0.25, -0.2) is 4.98 Å². The second-order valence-electron chi connectivity index (χ2n) is 7.25. The molecular weight excluding hydrogens is 328 g/mol. The Kier molecular flexibility index (Phi) is 4.21. The minimum atomic E-state index is 0.0196. The second-order valence-corrected chi connectivity index (χ2v) is 7.25. The average Bonchev–Trinajstić information content (AvgIpc) is 3.05. The third-order valence-electron chi connectivity index (χ3n) is 5.55. The van der Waals surface area contributed by atoms with Crippen LogP contribution in [-0.2, 0) is 0 Å². The third-order valence-corrected chi connectivity index (χ3v) is 5.55. The Morgan fingerprint density at radius 2 is 2.04 bits per heavy atom. The second kappa shape index (κ2) is 6.54. The lowest BCUT2D eigenvalue weighted by molar-refractivity contribution is 0.207. The molecule has 4 rings (SSSR count). The fourth-order valence-corrected chi connectivity index (χ4v) is 4.11. The molecule has 0 saturated carbocycles. The number of phenolic OH excluding ortho intramolecular Hbond substituents is 1. The van der Waals surface area contributed by atoms with E-state index in [1.807, 2.05) is 13.0 Å². The fourth-order valence-electron chi connectivity index (χ4n) is 4.11. The van der Waals surface area contributed by atoms with Gasteiger partial charge in [0.15, 0.2) is 0 Å². The van der Waals surface area contributed by atoms with Crippen LogP contribution in [0, 0.1) is 24.2 Å². The number of piperidine rings is 1. The number of aromatic hydroxyl groups is 1. The summed E-state index contributed by atoms with van der Waals surface area (Å²) in [6.07, 6.45) is 2.40. The van der Waals surface area contributed by atoms with E-state index in [9.17, 15) is 5.11 Å². The molecule has 2 aliphatic heterocycles. The first kappa shape index (κ1) is 16.7. The minimum Gasteiger partial charge on any atom is -0.507 e. The van der Waals surface area contributed by atoms with E-state index < -0.39 is 0 Å². The van der Waals surface area contributed by atoms with Gasteiger partial charge in [-0.3, -0.25) is 0 Å². The number of benzene rings is 1. The van der Waals surface area contributed by atoms with Crippen molar-refractivity contribution in [1.29, 1.82) is 5.26 Å². The van der Waals surface area contributed by atoms with E-state index in [4.69, 9.17) is 5.26 Å². The monoisotopic (exact) mass is 350 g/mol. The van der Waals surface area contributed by atoms with Gasteiger partial charge in [0, 0.05) is 24.7 Å². The number of likely N-dealkylation sites (tertiary alicyclic amines) is 1. The van der Waals surface area contributed by atoms with Crippen molar-refractivity contribution in [2.45, 2.75) is 25.8 Å². The average molecular weight is 350 g/mol. The standard InChI is InChI=1S/C19H22N6O/c1-12-18(15-4-3-13(10-20)9-17(15)26)22-23-19(21-12)25-8-6-14-5-7-24(2)11-16(14)25/h3-4,9,14,16,26H,5-8,11H2,1-2H3/t14-,16-/m0/s1. The van der Waals surface area contributed by atoms with Crippen molar-refractivity contribution in [1.82, 2.24) is 20.1 Å². The predicted molar refractivity (Wildman–Crippen MR) is 97.7 cm³/mol. The molecule has 2 fully saturated rings. The summed E-state index contributed by atoms with van der Waals surface area (Å²) in [5, 5.41) is 27.9. The highest BCUT2D eigenvalue weighted by atomic mass is 16.3. The highest BCUT2D eigenvalue weighted by Crippen LogP contribution is 2.34. The van der Waals surface area contributed by atoms with Gasteiger partial charge in [0.2, 0.25) is 5.95 Å². The summed E-state index contributed by atoms with van der Waals surface area (Å²) < 4.78 is 0. The topological polar surface area (TPSA) is 89.2 Å². The molecule has 7 nitrogen and oxygen atoms in total. The highest BCUT2D eigenvalue weighted by molar-refractivity contribution is 5.69. The summed E-state index contributed by atoms with van der Waals surface area (Å²) in [5.74, 6) is 1.39. The van der Waals surface area contributed by atoms with Gasteiger partial charge in [-0.05, 0) is 57.5 Å². The van der Waals surface area contributed by atoms with E-state index in [0.717, 1.165) is 25.3 Å². The molecule has 2 aromatic rings. The summed E-state index contributed by atoms with van der Waals surface area (Å²) in [6.45, 7) is 5.03. The number of rotatable bonds is 2. The Morgan fingerprint density at radius 1 is 1.23 bits per heavy atom. The molecule has 26 heavy (non-hydrogen) atoms. The van der Waals surface area contributed by atoms with Gasteiger partial charge in [0.05, 0.1) is 17.3 Å². The summed E-state index contributed by atoms with van der Waals surface area (Å²) in [6, 6.07) is 7.25. The van der Waals surface area contributed by atoms with E-state index in [0.29, 0.717) is 34.7 Å². The first-order chi connectivity index (χ1) is 12.6. The zero-order chi connectivity index (χ0) is 18.3. The molecule has 7 heteroatoms. The van der Waals surface area contributed by atoms with E-state index >= 15 is 0 Å². The number of phenols is 1. The van der Waals surface area contributed by atoms with Gasteiger partial charge in [0.1, 0.15) is 11.4 Å². The molecule has 0 unspecified atom stereocenters. The van der Waals surface area contributed by atoms with E-state index in [2.05, 4.69) is 32.0 Å². The van der Waals surface area contributed by atoms with Crippen LogP contribution in [-0.4, -0.2) is 57.9 Å². The molecule has 0 amide bonds. The largest absolute Gasteiger partial charge is 0.507 e. The summed E-state index contributed by atoms with van der Waals surface area (Å²) in [5.41, 5.74) is 2.23. The molecule has 0 radical (unpaired) electrons. The quantitative estimate of drug-likeness (QED) is 0.885. The maximum Gasteiger partial charge on any atom is 0.245 e. The molecule has 1 aromatic carbocycles. The maximum absolute atomic E-state index is 10.2. The Hall–Kier alpha value is -2.72. The number of nitriles is 1. The summed E-state index contributed by atoms with van der Waals surface area (Å²) in [7, 11) is 2.16. The summed E-state index contributed by atoms with van der Waals surface area (Å²) >= 11 is 0. The van der Waals surface area contributed by atoms with Crippen LogP contribution in [0.2, 0.25) is 0 Å². The van der Waals surface area contributed by atoms with Gasteiger partial charge in [-0.2, -0.15) is 5.26 Å². The highest BCUT2D eigenvalue weighted by Gasteiger charge is 2.38. The number of hydrogen-bond acceptors (Lipinski definition) is 7. The number of fused-ring (bicyclic) bond motifs is 1.